The topological polar surface area (TPSA) is 76.1 Å². The van der Waals surface area contributed by atoms with Crippen LogP contribution in [0.2, 0.25) is 0 Å². The fraction of sp³-hybridized carbons (Fsp3) is 0.579. The molecule has 1 unspecified atom stereocenters. The molecular weight excluding hydrogens is 322 g/mol. The van der Waals surface area contributed by atoms with Gasteiger partial charge < -0.3 is 19.5 Å². The van der Waals surface area contributed by atoms with Crippen molar-refractivity contribution in [3.63, 3.8) is 0 Å². The minimum absolute atomic E-state index is 0.0816. The van der Waals surface area contributed by atoms with Gasteiger partial charge in [0.1, 0.15) is 5.75 Å². The second-order valence-corrected chi connectivity index (χ2v) is 5.65. The SMILES string of the molecule is CCOC(=O)CCN(C(=O)CCCOc1ccccc1)C(CC)CO. The Balaban J connectivity index is 2.46. The summed E-state index contributed by atoms with van der Waals surface area (Å²) in [7, 11) is 0. The van der Waals surface area contributed by atoms with Crippen molar-refractivity contribution in [2.24, 2.45) is 0 Å². The first-order valence-corrected chi connectivity index (χ1v) is 8.86. The van der Waals surface area contributed by atoms with Crippen LogP contribution in [0.15, 0.2) is 30.3 Å². The van der Waals surface area contributed by atoms with Crippen molar-refractivity contribution in [3.8, 4) is 5.75 Å². The summed E-state index contributed by atoms with van der Waals surface area (Å²) in [6, 6.07) is 9.16. The van der Waals surface area contributed by atoms with Gasteiger partial charge in [-0.15, -0.1) is 0 Å². The average Bonchev–Trinajstić information content (AvgIpc) is 2.63. The van der Waals surface area contributed by atoms with Gasteiger partial charge in [-0.25, -0.2) is 0 Å². The van der Waals surface area contributed by atoms with E-state index in [2.05, 4.69) is 0 Å². The number of aliphatic hydroxyl groups excluding tert-OH is 1. The predicted molar refractivity (Wildman–Crippen MR) is 95.3 cm³/mol. The molecule has 0 saturated heterocycles. The quantitative estimate of drug-likeness (QED) is 0.462. The molecule has 0 spiro atoms. The molecule has 6 nitrogen and oxygen atoms in total. The molecule has 25 heavy (non-hydrogen) atoms. The highest BCUT2D eigenvalue weighted by Gasteiger charge is 2.22. The first-order chi connectivity index (χ1) is 12.1. The number of hydrogen-bond donors (Lipinski definition) is 1. The van der Waals surface area contributed by atoms with Crippen molar-refractivity contribution in [1.29, 1.82) is 0 Å². The van der Waals surface area contributed by atoms with E-state index < -0.39 is 0 Å². The largest absolute Gasteiger partial charge is 0.494 e. The van der Waals surface area contributed by atoms with E-state index in [4.69, 9.17) is 9.47 Å². The fourth-order valence-electron chi connectivity index (χ4n) is 2.48. The molecule has 0 aliphatic heterocycles. The van der Waals surface area contributed by atoms with Crippen LogP contribution in [0.25, 0.3) is 0 Å². The van der Waals surface area contributed by atoms with Gasteiger partial charge in [0.2, 0.25) is 5.91 Å². The minimum Gasteiger partial charge on any atom is -0.494 e. The van der Waals surface area contributed by atoms with E-state index in [1.165, 1.54) is 0 Å². The molecule has 140 valence electrons. The van der Waals surface area contributed by atoms with Gasteiger partial charge in [0, 0.05) is 13.0 Å². The van der Waals surface area contributed by atoms with Crippen molar-refractivity contribution < 1.29 is 24.2 Å². The maximum absolute atomic E-state index is 12.5. The summed E-state index contributed by atoms with van der Waals surface area (Å²) in [4.78, 5) is 25.6. The third-order valence-corrected chi connectivity index (χ3v) is 3.85. The smallest absolute Gasteiger partial charge is 0.307 e. The summed E-state index contributed by atoms with van der Waals surface area (Å²) in [5.74, 6) is 0.360. The molecule has 1 N–H and O–H groups in total. The maximum atomic E-state index is 12.5. The Kier molecular flexibility index (Phi) is 10.3. The Labute approximate surface area is 149 Å². The maximum Gasteiger partial charge on any atom is 0.307 e. The normalized spacial score (nSPS) is 11.6. The molecule has 0 fully saturated rings. The number of nitrogens with zero attached hydrogens (tertiary/aromatic N) is 1. The Morgan fingerprint density at radius 3 is 2.48 bits per heavy atom. The van der Waals surface area contributed by atoms with Gasteiger partial charge >= 0.3 is 5.97 Å². The number of benzene rings is 1. The van der Waals surface area contributed by atoms with E-state index in [0.29, 0.717) is 32.5 Å². The number of amides is 1. The number of aliphatic hydroxyl groups is 1. The van der Waals surface area contributed by atoms with E-state index in [9.17, 15) is 14.7 Å². The molecule has 0 aliphatic rings. The van der Waals surface area contributed by atoms with E-state index >= 15 is 0 Å². The lowest BCUT2D eigenvalue weighted by Gasteiger charge is -2.30. The molecule has 1 aromatic carbocycles. The van der Waals surface area contributed by atoms with E-state index in [1.807, 2.05) is 37.3 Å². The predicted octanol–water partition coefficient (Wildman–Crippen LogP) is 2.40. The molecule has 6 heteroatoms. The lowest BCUT2D eigenvalue weighted by molar-refractivity contribution is -0.144. The average molecular weight is 351 g/mol. The van der Waals surface area contributed by atoms with Gasteiger partial charge in [0.05, 0.1) is 32.3 Å². The summed E-state index contributed by atoms with van der Waals surface area (Å²) < 4.78 is 10.5. The highest BCUT2D eigenvalue weighted by Crippen LogP contribution is 2.11. The molecule has 1 aromatic rings. The second kappa shape index (κ2) is 12.3. The summed E-state index contributed by atoms with van der Waals surface area (Å²) in [5.41, 5.74) is 0. The zero-order valence-electron chi connectivity index (χ0n) is 15.1. The summed E-state index contributed by atoms with van der Waals surface area (Å²) >= 11 is 0. The van der Waals surface area contributed by atoms with Crippen LogP contribution < -0.4 is 4.74 Å². The van der Waals surface area contributed by atoms with Gasteiger partial charge in [-0.1, -0.05) is 25.1 Å². The van der Waals surface area contributed by atoms with Gasteiger partial charge in [-0.05, 0) is 31.9 Å². The Morgan fingerprint density at radius 2 is 1.88 bits per heavy atom. The summed E-state index contributed by atoms with van der Waals surface area (Å²) in [6.07, 6.45) is 1.65. The monoisotopic (exact) mass is 351 g/mol. The lowest BCUT2D eigenvalue weighted by Crippen LogP contribution is -2.43. The number of ether oxygens (including phenoxy) is 2. The van der Waals surface area contributed by atoms with Crippen LogP contribution in [0.4, 0.5) is 0 Å². The van der Waals surface area contributed by atoms with Crippen molar-refractivity contribution >= 4 is 11.9 Å². The number of rotatable bonds is 12. The van der Waals surface area contributed by atoms with Crippen molar-refractivity contribution in [1.82, 2.24) is 4.90 Å². The number of carbonyl (C=O) groups is 2. The Morgan fingerprint density at radius 1 is 1.16 bits per heavy atom. The third-order valence-electron chi connectivity index (χ3n) is 3.85. The number of esters is 1. The Bertz CT molecular complexity index is 502. The van der Waals surface area contributed by atoms with E-state index in [0.717, 1.165) is 5.75 Å². The van der Waals surface area contributed by atoms with Crippen LogP contribution in [0.5, 0.6) is 5.75 Å². The Hall–Kier alpha value is -2.08. The van der Waals surface area contributed by atoms with Crippen LogP contribution in [0.3, 0.4) is 0 Å². The molecular formula is C19H29NO5. The zero-order valence-corrected chi connectivity index (χ0v) is 15.1. The fourth-order valence-corrected chi connectivity index (χ4v) is 2.48. The van der Waals surface area contributed by atoms with Gasteiger partial charge in [0.25, 0.3) is 0 Å². The van der Waals surface area contributed by atoms with E-state index in [1.54, 1.807) is 11.8 Å². The van der Waals surface area contributed by atoms with Crippen LogP contribution >= 0.6 is 0 Å². The molecule has 0 heterocycles. The molecule has 0 saturated carbocycles. The van der Waals surface area contributed by atoms with Crippen LogP contribution in [-0.4, -0.2) is 54.3 Å². The van der Waals surface area contributed by atoms with Crippen LogP contribution in [-0.2, 0) is 14.3 Å². The third kappa shape index (κ3) is 8.03. The van der Waals surface area contributed by atoms with Gasteiger partial charge in [-0.2, -0.15) is 0 Å². The highest BCUT2D eigenvalue weighted by atomic mass is 16.5. The first kappa shape index (κ1) is 21.0. The standard InChI is InChI=1S/C19H29NO5/c1-3-16(15-21)20(13-12-19(23)24-4-2)18(22)11-8-14-25-17-9-6-5-7-10-17/h5-7,9-10,16,21H,3-4,8,11-15H2,1-2H3. The molecule has 1 atom stereocenters. The summed E-state index contributed by atoms with van der Waals surface area (Å²) in [6.45, 7) is 4.56. The molecule has 0 radical (unpaired) electrons. The number of carbonyl (C=O) groups excluding carboxylic acids is 2. The first-order valence-electron chi connectivity index (χ1n) is 8.86. The molecule has 0 aromatic heterocycles. The van der Waals surface area contributed by atoms with Crippen molar-refractivity contribution in [2.75, 3.05) is 26.4 Å². The summed E-state index contributed by atoms with van der Waals surface area (Å²) in [5, 5.41) is 9.50. The number of para-hydroxylation sites is 1. The van der Waals surface area contributed by atoms with Crippen molar-refractivity contribution in [2.45, 2.75) is 45.6 Å². The van der Waals surface area contributed by atoms with E-state index in [-0.39, 0.29) is 37.5 Å². The molecule has 1 amide bonds. The zero-order chi connectivity index (χ0) is 18.5. The number of hydrogen-bond acceptors (Lipinski definition) is 5. The minimum atomic E-state index is -0.333. The van der Waals surface area contributed by atoms with Gasteiger partial charge in [0.15, 0.2) is 0 Å². The molecule has 0 bridgehead atoms. The lowest BCUT2D eigenvalue weighted by atomic mass is 10.1. The second-order valence-electron chi connectivity index (χ2n) is 5.65. The van der Waals surface area contributed by atoms with Crippen molar-refractivity contribution in [3.05, 3.63) is 30.3 Å². The van der Waals surface area contributed by atoms with Gasteiger partial charge in [-0.3, -0.25) is 9.59 Å². The highest BCUT2D eigenvalue weighted by molar-refractivity contribution is 5.77. The van der Waals surface area contributed by atoms with Crippen LogP contribution in [0.1, 0.15) is 39.5 Å². The molecule has 1 rings (SSSR count). The molecule has 0 aliphatic carbocycles. The van der Waals surface area contributed by atoms with Crippen LogP contribution in [0, 0.1) is 0 Å².